The van der Waals surface area contributed by atoms with Crippen LogP contribution in [-0.4, -0.2) is 33.6 Å². The normalized spacial score (nSPS) is 23.0. The van der Waals surface area contributed by atoms with Gasteiger partial charge in [0.05, 0.1) is 6.04 Å². The SMILES string of the molecule is Cc1nc([C@@H]2CCCN2C(=O)[C@@H]2Cc3cc(F)ccc3O2)no1. The Bertz CT molecular complexity index is 761. The molecule has 6 nitrogen and oxygen atoms in total. The molecular formula is C16H16FN3O3. The number of hydrogen-bond acceptors (Lipinski definition) is 5. The van der Waals surface area contributed by atoms with Gasteiger partial charge in [0.25, 0.3) is 5.91 Å². The smallest absolute Gasteiger partial charge is 0.264 e. The van der Waals surface area contributed by atoms with Crippen molar-refractivity contribution in [1.29, 1.82) is 0 Å². The molecule has 0 unspecified atom stereocenters. The lowest BCUT2D eigenvalue weighted by atomic mass is 10.1. The second-order valence-electron chi connectivity index (χ2n) is 5.92. The number of ether oxygens (including phenoxy) is 1. The minimum absolute atomic E-state index is 0.105. The molecule has 0 bridgehead atoms. The molecule has 120 valence electrons. The zero-order valence-electron chi connectivity index (χ0n) is 12.7. The molecule has 2 atom stereocenters. The van der Waals surface area contributed by atoms with E-state index >= 15 is 0 Å². The fourth-order valence-corrected chi connectivity index (χ4v) is 3.29. The van der Waals surface area contributed by atoms with E-state index in [0.29, 0.717) is 30.4 Å². The van der Waals surface area contributed by atoms with Gasteiger partial charge < -0.3 is 14.2 Å². The third-order valence-corrected chi connectivity index (χ3v) is 4.35. The summed E-state index contributed by atoms with van der Waals surface area (Å²) in [6, 6.07) is 4.16. The van der Waals surface area contributed by atoms with Gasteiger partial charge in [-0.15, -0.1) is 0 Å². The molecule has 1 aromatic heterocycles. The Hall–Kier alpha value is -2.44. The number of aryl methyl sites for hydroxylation is 1. The van der Waals surface area contributed by atoms with E-state index in [-0.39, 0.29) is 17.8 Å². The van der Waals surface area contributed by atoms with Gasteiger partial charge in [-0.2, -0.15) is 4.98 Å². The average Bonchev–Trinajstić information content (AvgIpc) is 3.23. The standard InChI is InChI=1S/C16H16FN3O3/c1-9-18-15(19-23-9)12-3-2-6-20(12)16(21)14-8-10-7-11(17)4-5-13(10)22-14/h4-5,7,12,14H,2-3,6,8H2,1H3/t12-,14-/m0/s1. The minimum atomic E-state index is -0.611. The van der Waals surface area contributed by atoms with Crippen LogP contribution in [0.4, 0.5) is 4.39 Å². The van der Waals surface area contributed by atoms with Crippen LogP contribution in [-0.2, 0) is 11.2 Å². The molecule has 1 amide bonds. The van der Waals surface area contributed by atoms with E-state index in [1.807, 2.05) is 0 Å². The summed E-state index contributed by atoms with van der Waals surface area (Å²) in [6.07, 6.45) is 1.47. The van der Waals surface area contributed by atoms with Gasteiger partial charge in [-0.05, 0) is 31.0 Å². The van der Waals surface area contributed by atoms with E-state index < -0.39 is 6.10 Å². The molecule has 0 spiro atoms. The predicted octanol–water partition coefficient (Wildman–Crippen LogP) is 2.18. The largest absolute Gasteiger partial charge is 0.480 e. The first kappa shape index (κ1) is 14.2. The van der Waals surface area contributed by atoms with E-state index in [4.69, 9.17) is 9.26 Å². The lowest BCUT2D eigenvalue weighted by Crippen LogP contribution is -2.41. The highest BCUT2D eigenvalue weighted by Gasteiger charge is 2.39. The van der Waals surface area contributed by atoms with Crippen LogP contribution in [0.25, 0.3) is 0 Å². The fourth-order valence-electron chi connectivity index (χ4n) is 3.29. The monoisotopic (exact) mass is 317 g/mol. The molecule has 7 heteroatoms. The van der Waals surface area contributed by atoms with Crippen LogP contribution in [0.3, 0.4) is 0 Å². The van der Waals surface area contributed by atoms with Crippen LogP contribution in [0.15, 0.2) is 22.7 Å². The van der Waals surface area contributed by atoms with Gasteiger partial charge in [0.1, 0.15) is 11.6 Å². The maximum Gasteiger partial charge on any atom is 0.264 e. The van der Waals surface area contributed by atoms with Gasteiger partial charge in [-0.25, -0.2) is 4.39 Å². The first-order chi connectivity index (χ1) is 11.1. The fraction of sp³-hybridized carbons (Fsp3) is 0.438. The Morgan fingerprint density at radius 2 is 2.30 bits per heavy atom. The molecule has 2 aliphatic heterocycles. The van der Waals surface area contributed by atoms with E-state index in [9.17, 15) is 9.18 Å². The molecule has 2 aliphatic rings. The summed E-state index contributed by atoms with van der Waals surface area (Å²) in [5, 5.41) is 3.94. The van der Waals surface area contributed by atoms with Crippen LogP contribution in [0.5, 0.6) is 5.75 Å². The Kier molecular flexibility index (Phi) is 3.28. The molecule has 0 radical (unpaired) electrons. The molecule has 4 rings (SSSR count). The molecule has 0 N–H and O–H groups in total. The van der Waals surface area contributed by atoms with Gasteiger partial charge >= 0.3 is 0 Å². The van der Waals surface area contributed by atoms with Crippen molar-refractivity contribution in [3.63, 3.8) is 0 Å². The number of nitrogens with zero attached hydrogens (tertiary/aromatic N) is 3. The molecule has 1 fully saturated rings. The van der Waals surface area contributed by atoms with Crippen molar-refractivity contribution in [1.82, 2.24) is 15.0 Å². The van der Waals surface area contributed by atoms with Gasteiger partial charge in [0.2, 0.25) is 5.89 Å². The number of hydrogen-bond donors (Lipinski definition) is 0. The van der Waals surface area contributed by atoms with E-state index in [0.717, 1.165) is 18.4 Å². The lowest BCUT2D eigenvalue weighted by Gasteiger charge is -2.25. The molecular weight excluding hydrogens is 301 g/mol. The summed E-state index contributed by atoms with van der Waals surface area (Å²) in [5.74, 6) is 1.18. The summed E-state index contributed by atoms with van der Waals surface area (Å²) in [4.78, 5) is 18.8. The highest BCUT2D eigenvalue weighted by Crippen LogP contribution is 2.34. The van der Waals surface area contributed by atoms with Gasteiger partial charge in [-0.1, -0.05) is 5.16 Å². The number of likely N-dealkylation sites (tertiary alicyclic amines) is 1. The summed E-state index contributed by atoms with van der Waals surface area (Å²) in [7, 11) is 0. The summed E-state index contributed by atoms with van der Waals surface area (Å²) in [6.45, 7) is 2.37. The average molecular weight is 317 g/mol. The van der Waals surface area contributed by atoms with Gasteiger partial charge in [0.15, 0.2) is 11.9 Å². The molecule has 3 heterocycles. The quantitative estimate of drug-likeness (QED) is 0.849. The van der Waals surface area contributed by atoms with Crippen LogP contribution in [0, 0.1) is 12.7 Å². The Morgan fingerprint density at radius 3 is 3.09 bits per heavy atom. The molecule has 23 heavy (non-hydrogen) atoms. The highest BCUT2D eigenvalue weighted by molar-refractivity contribution is 5.83. The Labute approximate surface area is 132 Å². The molecule has 0 saturated carbocycles. The summed E-state index contributed by atoms with van der Waals surface area (Å²) in [5.41, 5.74) is 0.731. The van der Waals surface area contributed by atoms with Crippen molar-refractivity contribution < 1.29 is 18.4 Å². The van der Waals surface area contributed by atoms with E-state index in [1.54, 1.807) is 17.9 Å². The maximum absolute atomic E-state index is 13.3. The van der Waals surface area contributed by atoms with Crippen molar-refractivity contribution in [2.45, 2.75) is 38.3 Å². The topological polar surface area (TPSA) is 68.5 Å². The van der Waals surface area contributed by atoms with Crippen LogP contribution >= 0.6 is 0 Å². The lowest BCUT2D eigenvalue weighted by molar-refractivity contribution is -0.139. The maximum atomic E-state index is 13.3. The molecule has 2 aromatic rings. The van der Waals surface area contributed by atoms with E-state index in [1.165, 1.54) is 12.1 Å². The van der Waals surface area contributed by atoms with Crippen molar-refractivity contribution >= 4 is 5.91 Å². The Balaban J connectivity index is 1.53. The molecule has 1 aromatic carbocycles. The van der Waals surface area contributed by atoms with Crippen LogP contribution < -0.4 is 4.74 Å². The van der Waals surface area contributed by atoms with Crippen LogP contribution in [0.2, 0.25) is 0 Å². The number of rotatable bonds is 2. The van der Waals surface area contributed by atoms with Gasteiger partial charge in [-0.3, -0.25) is 4.79 Å². The van der Waals surface area contributed by atoms with Crippen molar-refractivity contribution in [2.24, 2.45) is 0 Å². The zero-order valence-corrected chi connectivity index (χ0v) is 12.7. The summed E-state index contributed by atoms with van der Waals surface area (Å²) >= 11 is 0. The van der Waals surface area contributed by atoms with Crippen molar-refractivity contribution in [2.75, 3.05) is 6.54 Å². The molecule has 0 aliphatic carbocycles. The second-order valence-corrected chi connectivity index (χ2v) is 5.92. The number of halogens is 1. The number of carbonyl (C=O) groups is 1. The predicted molar refractivity (Wildman–Crippen MR) is 77.2 cm³/mol. The summed E-state index contributed by atoms with van der Waals surface area (Å²) < 4.78 is 24.0. The second kappa shape index (κ2) is 5.33. The van der Waals surface area contributed by atoms with Crippen LogP contribution in [0.1, 0.15) is 36.2 Å². The zero-order chi connectivity index (χ0) is 16.0. The number of benzene rings is 1. The first-order valence-electron chi connectivity index (χ1n) is 7.67. The van der Waals surface area contributed by atoms with E-state index in [2.05, 4.69) is 10.1 Å². The Morgan fingerprint density at radius 1 is 1.43 bits per heavy atom. The van der Waals surface area contributed by atoms with Crippen molar-refractivity contribution in [3.05, 3.63) is 41.3 Å². The molecule has 1 saturated heterocycles. The minimum Gasteiger partial charge on any atom is -0.480 e. The number of fused-ring (bicyclic) bond motifs is 1. The third-order valence-electron chi connectivity index (χ3n) is 4.35. The number of carbonyl (C=O) groups excluding carboxylic acids is 1. The van der Waals surface area contributed by atoms with Gasteiger partial charge in [0, 0.05) is 25.5 Å². The highest BCUT2D eigenvalue weighted by atomic mass is 19.1. The number of amides is 1. The van der Waals surface area contributed by atoms with Crippen molar-refractivity contribution in [3.8, 4) is 5.75 Å². The third kappa shape index (κ3) is 2.46. The number of aromatic nitrogens is 2. The first-order valence-corrected chi connectivity index (χ1v) is 7.67.